The molecule has 1 amide bonds. The number of aryl methyl sites for hydroxylation is 3. The zero-order chi connectivity index (χ0) is 13.4. The third-order valence-corrected chi connectivity index (χ3v) is 3.62. The number of aromatic nitrogens is 1. The van der Waals surface area contributed by atoms with Crippen LogP contribution in [0.1, 0.15) is 28.0 Å². The highest BCUT2D eigenvalue weighted by Crippen LogP contribution is 2.25. The SMILES string of the molecule is Cn1cc(N)cc1C(=O)Nc1ccc2c(c1)CCC2. The van der Waals surface area contributed by atoms with E-state index in [-0.39, 0.29) is 5.91 Å². The first kappa shape index (κ1) is 11.8. The molecular formula is C15H17N3O. The number of nitrogens with zero attached hydrogens (tertiary/aromatic N) is 1. The van der Waals surface area contributed by atoms with E-state index in [1.807, 2.05) is 13.1 Å². The number of nitrogens with one attached hydrogen (secondary N) is 1. The summed E-state index contributed by atoms with van der Waals surface area (Å²) >= 11 is 0. The minimum Gasteiger partial charge on any atom is -0.397 e. The molecule has 3 rings (SSSR count). The van der Waals surface area contributed by atoms with Gasteiger partial charge in [-0.2, -0.15) is 0 Å². The van der Waals surface area contributed by atoms with Gasteiger partial charge in [0.15, 0.2) is 0 Å². The van der Waals surface area contributed by atoms with Gasteiger partial charge in [-0.3, -0.25) is 4.79 Å². The van der Waals surface area contributed by atoms with Crippen molar-refractivity contribution in [2.24, 2.45) is 7.05 Å². The van der Waals surface area contributed by atoms with E-state index in [4.69, 9.17) is 5.73 Å². The molecule has 98 valence electrons. The molecule has 1 aliphatic rings. The molecule has 4 nitrogen and oxygen atoms in total. The molecule has 0 atom stereocenters. The van der Waals surface area contributed by atoms with Crippen molar-refractivity contribution in [1.29, 1.82) is 0 Å². The number of hydrogen-bond acceptors (Lipinski definition) is 2. The van der Waals surface area contributed by atoms with E-state index in [0.717, 1.165) is 18.5 Å². The van der Waals surface area contributed by atoms with Crippen LogP contribution in [0, 0.1) is 0 Å². The van der Waals surface area contributed by atoms with Gasteiger partial charge in [0.1, 0.15) is 5.69 Å². The number of anilines is 2. The van der Waals surface area contributed by atoms with Gasteiger partial charge in [-0.05, 0) is 48.6 Å². The van der Waals surface area contributed by atoms with Gasteiger partial charge in [-0.15, -0.1) is 0 Å². The maximum Gasteiger partial charge on any atom is 0.272 e. The summed E-state index contributed by atoms with van der Waals surface area (Å²) in [4.78, 5) is 12.2. The Morgan fingerprint density at radius 2 is 2.05 bits per heavy atom. The van der Waals surface area contributed by atoms with E-state index in [1.54, 1.807) is 16.8 Å². The van der Waals surface area contributed by atoms with Gasteiger partial charge in [0, 0.05) is 18.9 Å². The molecule has 4 heteroatoms. The van der Waals surface area contributed by atoms with Gasteiger partial charge in [0.25, 0.3) is 5.91 Å². The minimum absolute atomic E-state index is 0.128. The first-order valence-electron chi connectivity index (χ1n) is 6.48. The third kappa shape index (κ3) is 2.21. The lowest BCUT2D eigenvalue weighted by molar-refractivity contribution is 0.101. The van der Waals surface area contributed by atoms with E-state index in [1.165, 1.54) is 17.5 Å². The quantitative estimate of drug-likeness (QED) is 0.865. The van der Waals surface area contributed by atoms with Crippen molar-refractivity contribution in [1.82, 2.24) is 4.57 Å². The van der Waals surface area contributed by atoms with Crippen molar-refractivity contribution >= 4 is 17.3 Å². The molecule has 0 unspecified atom stereocenters. The molecule has 0 spiro atoms. The lowest BCUT2D eigenvalue weighted by atomic mass is 10.1. The van der Waals surface area contributed by atoms with Crippen LogP contribution >= 0.6 is 0 Å². The van der Waals surface area contributed by atoms with Crippen LogP contribution in [0.3, 0.4) is 0 Å². The Morgan fingerprint density at radius 1 is 1.26 bits per heavy atom. The number of fused-ring (bicyclic) bond motifs is 1. The zero-order valence-electron chi connectivity index (χ0n) is 10.9. The van der Waals surface area contributed by atoms with Crippen LogP contribution in [-0.2, 0) is 19.9 Å². The molecule has 1 aromatic heterocycles. The Labute approximate surface area is 112 Å². The van der Waals surface area contributed by atoms with Crippen molar-refractivity contribution in [2.45, 2.75) is 19.3 Å². The second-order valence-corrected chi connectivity index (χ2v) is 5.06. The Morgan fingerprint density at radius 3 is 2.79 bits per heavy atom. The van der Waals surface area contributed by atoms with Crippen LogP contribution in [0.4, 0.5) is 11.4 Å². The molecule has 0 bridgehead atoms. The van der Waals surface area contributed by atoms with Crippen LogP contribution in [0.15, 0.2) is 30.5 Å². The number of nitrogens with two attached hydrogens (primary N) is 1. The lowest BCUT2D eigenvalue weighted by Gasteiger charge is -2.08. The standard InChI is InChI=1S/C15H17N3O/c1-18-9-12(16)8-14(18)15(19)17-13-6-5-10-3-2-4-11(10)7-13/h5-9H,2-4,16H2,1H3,(H,17,19). The van der Waals surface area contributed by atoms with Gasteiger partial charge in [-0.1, -0.05) is 6.07 Å². The fourth-order valence-electron chi connectivity index (χ4n) is 2.66. The number of hydrogen-bond donors (Lipinski definition) is 2. The number of rotatable bonds is 2. The predicted octanol–water partition coefficient (Wildman–Crippen LogP) is 2.35. The monoisotopic (exact) mass is 255 g/mol. The number of carbonyl (C=O) groups is 1. The topological polar surface area (TPSA) is 60.0 Å². The number of carbonyl (C=O) groups excluding carboxylic acids is 1. The summed E-state index contributed by atoms with van der Waals surface area (Å²) in [5, 5.41) is 2.93. The van der Waals surface area contributed by atoms with Crippen molar-refractivity contribution in [3.63, 3.8) is 0 Å². The van der Waals surface area contributed by atoms with Crippen LogP contribution in [-0.4, -0.2) is 10.5 Å². The number of benzene rings is 1. The highest BCUT2D eigenvalue weighted by molar-refractivity contribution is 6.03. The Hall–Kier alpha value is -2.23. The predicted molar refractivity (Wildman–Crippen MR) is 76.2 cm³/mol. The van der Waals surface area contributed by atoms with Crippen molar-refractivity contribution < 1.29 is 4.79 Å². The molecule has 0 saturated heterocycles. The van der Waals surface area contributed by atoms with E-state index in [9.17, 15) is 4.79 Å². The van der Waals surface area contributed by atoms with Crippen LogP contribution in [0.2, 0.25) is 0 Å². The number of amides is 1. The third-order valence-electron chi connectivity index (χ3n) is 3.62. The maximum atomic E-state index is 12.2. The fraction of sp³-hybridized carbons (Fsp3) is 0.267. The molecule has 3 N–H and O–H groups in total. The first-order valence-corrected chi connectivity index (χ1v) is 6.48. The normalized spacial score (nSPS) is 13.3. The van der Waals surface area contributed by atoms with Gasteiger partial charge < -0.3 is 15.6 Å². The zero-order valence-corrected chi connectivity index (χ0v) is 10.9. The smallest absolute Gasteiger partial charge is 0.272 e. The summed E-state index contributed by atoms with van der Waals surface area (Å²) in [6.07, 6.45) is 5.20. The van der Waals surface area contributed by atoms with Crippen LogP contribution in [0.5, 0.6) is 0 Å². The summed E-state index contributed by atoms with van der Waals surface area (Å²) in [6, 6.07) is 7.83. The molecule has 1 aliphatic carbocycles. The van der Waals surface area contributed by atoms with Crippen molar-refractivity contribution in [3.05, 3.63) is 47.3 Å². The fourth-order valence-corrected chi connectivity index (χ4v) is 2.66. The summed E-state index contributed by atoms with van der Waals surface area (Å²) in [6.45, 7) is 0. The molecular weight excluding hydrogens is 238 g/mol. The average Bonchev–Trinajstić information content (AvgIpc) is 2.94. The Balaban J connectivity index is 1.81. The second kappa shape index (κ2) is 4.46. The second-order valence-electron chi connectivity index (χ2n) is 5.06. The van der Waals surface area contributed by atoms with Crippen LogP contribution in [0.25, 0.3) is 0 Å². The molecule has 0 aliphatic heterocycles. The maximum absolute atomic E-state index is 12.2. The molecule has 2 aromatic rings. The van der Waals surface area contributed by atoms with Crippen LogP contribution < -0.4 is 11.1 Å². The van der Waals surface area contributed by atoms with Crippen molar-refractivity contribution in [2.75, 3.05) is 11.1 Å². The molecule has 0 radical (unpaired) electrons. The molecule has 19 heavy (non-hydrogen) atoms. The highest BCUT2D eigenvalue weighted by atomic mass is 16.1. The van der Waals surface area contributed by atoms with E-state index in [0.29, 0.717) is 11.4 Å². The lowest BCUT2D eigenvalue weighted by Crippen LogP contribution is -2.15. The number of nitrogen functional groups attached to an aromatic ring is 1. The Kier molecular flexibility index (Phi) is 2.78. The summed E-state index contributed by atoms with van der Waals surface area (Å²) in [7, 11) is 1.81. The minimum atomic E-state index is -0.128. The van der Waals surface area contributed by atoms with Gasteiger partial charge in [-0.25, -0.2) is 0 Å². The largest absolute Gasteiger partial charge is 0.397 e. The molecule has 0 fully saturated rings. The van der Waals surface area contributed by atoms with E-state index >= 15 is 0 Å². The van der Waals surface area contributed by atoms with Gasteiger partial charge in [0.05, 0.1) is 5.69 Å². The van der Waals surface area contributed by atoms with E-state index < -0.39 is 0 Å². The summed E-state index contributed by atoms with van der Waals surface area (Å²) < 4.78 is 1.73. The van der Waals surface area contributed by atoms with Crippen molar-refractivity contribution in [3.8, 4) is 0 Å². The average molecular weight is 255 g/mol. The first-order chi connectivity index (χ1) is 9.13. The summed E-state index contributed by atoms with van der Waals surface area (Å²) in [5.74, 6) is -0.128. The molecule has 1 heterocycles. The van der Waals surface area contributed by atoms with E-state index in [2.05, 4.69) is 17.4 Å². The highest BCUT2D eigenvalue weighted by Gasteiger charge is 2.14. The van der Waals surface area contributed by atoms with Gasteiger partial charge in [0.2, 0.25) is 0 Å². The molecule has 0 saturated carbocycles. The van der Waals surface area contributed by atoms with Gasteiger partial charge >= 0.3 is 0 Å². The summed E-state index contributed by atoms with van der Waals surface area (Å²) in [5.41, 5.74) is 10.5. The Bertz CT molecular complexity index is 643. The molecule has 1 aromatic carbocycles.